The largest absolute Gasteiger partial charge is 0.352 e. The van der Waals surface area contributed by atoms with Crippen LogP contribution in [-0.2, 0) is 32.6 Å². The molecule has 9 heteroatoms. The zero-order valence-electron chi connectivity index (χ0n) is 26.1. The molecule has 1 N–H and O–H groups in total. The van der Waals surface area contributed by atoms with Crippen LogP contribution in [0.4, 0.5) is 10.1 Å². The molecule has 0 radical (unpaired) electrons. The first-order valence-corrected chi connectivity index (χ1v) is 16.5. The van der Waals surface area contributed by atoms with Gasteiger partial charge in [-0.3, -0.25) is 13.9 Å². The minimum Gasteiger partial charge on any atom is -0.352 e. The fourth-order valence-corrected chi connectivity index (χ4v) is 6.45. The van der Waals surface area contributed by atoms with Crippen LogP contribution in [0.2, 0.25) is 0 Å². The molecule has 4 rings (SSSR count). The Kier molecular flexibility index (Phi) is 11.1. The lowest BCUT2D eigenvalue weighted by Crippen LogP contribution is -2.54. The van der Waals surface area contributed by atoms with Gasteiger partial charge >= 0.3 is 0 Å². The second-order valence-electron chi connectivity index (χ2n) is 11.3. The van der Waals surface area contributed by atoms with Gasteiger partial charge in [-0.1, -0.05) is 85.3 Å². The van der Waals surface area contributed by atoms with E-state index in [1.54, 1.807) is 55.5 Å². The number of benzene rings is 4. The predicted octanol–water partition coefficient (Wildman–Crippen LogP) is 6.19. The van der Waals surface area contributed by atoms with E-state index in [2.05, 4.69) is 5.32 Å². The third-order valence-corrected chi connectivity index (χ3v) is 9.58. The standard InChI is InChI=1S/C36H40FN3O4S/c1-5-28(4)38-36(42)34(23-29-12-7-6-8-13-29)39(24-30-17-19-31(37)20-18-30)35(41)25-40(33-14-10-9-11-27(33)3)45(43,44)32-21-15-26(2)16-22-32/h6-22,28,34H,5,23-25H2,1-4H3,(H,38,42)/t28-,34+/m0/s1. The second-order valence-corrected chi connectivity index (χ2v) is 13.1. The van der Waals surface area contributed by atoms with Crippen molar-refractivity contribution in [2.24, 2.45) is 0 Å². The van der Waals surface area contributed by atoms with Crippen molar-refractivity contribution in [2.75, 3.05) is 10.8 Å². The summed E-state index contributed by atoms with van der Waals surface area (Å²) >= 11 is 0. The Hall–Kier alpha value is -4.50. The minimum atomic E-state index is -4.19. The van der Waals surface area contributed by atoms with Crippen LogP contribution in [0.1, 0.15) is 42.5 Å². The maximum Gasteiger partial charge on any atom is 0.264 e. The normalized spacial score (nSPS) is 12.6. The van der Waals surface area contributed by atoms with Crippen LogP contribution in [0.15, 0.2) is 108 Å². The van der Waals surface area contributed by atoms with E-state index >= 15 is 0 Å². The Morgan fingerprint density at radius 3 is 2.07 bits per heavy atom. The molecule has 0 spiro atoms. The summed E-state index contributed by atoms with van der Waals surface area (Å²) in [6.45, 7) is 6.91. The monoisotopic (exact) mass is 629 g/mol. The summed E-state index contributed by atoms with van der Waals surface area (Å²) < 4.78 is 43.3. The summed E-state index contributed by atoms with van der Waals surface area (Å²) in [6, 6.07) is 27.4. The summed E-state index contributed by atoms with van der Waals surface area (Å²) in [5.41, 5.74) is 3.36. The molecular formula is C36H40FN3O4S. The van der Waals surface area contributed by atoms with Crippen molar-refractivity contribution >= 4 is 27.5 Å². The maximum absolute atomic E-state index is 14.5. The van der Waals surface area contributed by atoms with Gasteiger partial charge in [-0.2, -0.15) is 0 Å². The molecule has 7 nitrogen and oxygen atoms in total. The zero-order chi connectivity index (χ0) is 32.6. The number of amides is 2. The average molecular weight is 630 g/mol. The number of aryl methyl sites for hydroxylation is 2. The molecular weight excluding hydrogens is 589 g/mol. The van der Waals surface area contributed by atoms with Crippen LogP contribution in [0.25, 0.3) is 0 Å². The molecule has 0 aliphatic heterocycles. The molecule has 0 bridgehead atoms. The zero-order valence-corrected chi connectivity index (χ0v) is 26.9. The van der Waals surface area contributed by atoms with E-state index in [1.807, 2.05) is 51.1 Å². The smallest absolute Gasteiger partial charge is 0.264 e. The number of nitrogens with zero attached hydrogens (tertiary/aromatic N) is 2. The number of carbonyl (C=O) groups is 2. The van der Waals surface area contributed by atoms with Crippen LogP contribution in [0.5, 0.6) is 0 Å². The number of nitrogens with one attached hydrogen (secondary N) is 1. The second kappa shape index (κ2) is 15.0. The van der Waals surface area contributed by atoms with Crippen molar-refractivity contribution in [3.8, 4) is 0 Å². The van der Waals surface area contributed by atoms with Gasteiger partial charge in [0.05, 0.1) is 10.6 Å². The van der Waals surface area contributed by atoms with E-state index in [4.69, 9.17) is 0 Å². The first-order valence-electron chi connectivity index (χ1n) is 15.0. The number of rotatable bonds is 13. The molecule has 4 aromatic rings. The Labute approximate surface area is 265 Å². The van der Waals surface area contributed by atoms with Gasteiger partial charge in [-0.15, -0.1) is 0 Å². The van der Waals surface area contributed by atoms with E-state index in [1.165, 1.54) is 29.2 Å². The molecule has 0 aliphatic carbocycles. The number of para-hydroxylation sites is 1. The van der Waals surface area contributed by atoms with E-state index in [9.17, 15) is 22.4 Å². The highest BCUT2D eigenvalue weighted by Crippen LogP contribution is 2.28. The molecule has 4 aromatic carbocycles. The van der Waals surface area contributed by atoms with Crippen LogP contribution in [-0.4, -0.2) is 43.8 Å². The quantitative estimate of drug-likeness (QED) is 0.191. The molecule has 0 saturated heterocycles. The van der Waals surface area contributed by atoms with Crippen molar-refractivity contribution in [1.82, 2.24) is 10.2 Å². The first kappa shape index (κ1) is 33.4. The van der Waals surface area contributed by atoms with Crippen molar-refractivity contribution in [2.45, 2.75) is 64.1 Å². The van der Waals surface area contributed by atoms with Gasteiger partial charge in [0.2, 0.25) is 11.8 Å². The third kappa shape index (κ3) is 8.57. The van der Waals surface area contributed by atoms with Crippen molar-refractivity contribution in [3.05, 3.63) is 131 Å². The maximum atomic E-state index is 14.5. The Bertz CT molecular complexity index is 1690. The molecule has 2 atom stereocenters. The molecule has 0 heterocycles. The van der Waals surface area contributed by atoms with Gasteiger partial charge < -0.3 is 10.2 Å². The summed E-state index contributed by atoms with van der Waals surface area (Å²) in [7, 11) is -4.19. The molecule has 0 saturated carbocycles. The summed E-state index contributed by atoms with van der Waals surface area (Å²) in [5.74, 6) is -1.35. The number of hydrogen-bond acceptors (Lipinski definition) is 4. The highest BCUT2D eigenvalue weighted by atomic mass is 32.2. The lowest BCUT2D eigenvalue weighted by atomic mass is 10.0. The molecule has 0 aliphatic rings. The van der Waals surface area contributed by atoms with Gasteiger partial charge in [0.15, 0.2) is 0 Å². The number of anilines is 1. The molecule has 0 aromatic heterocycles. The van der Waals surface area contributed by atoms with Crippen molar-refractivity contribution in [1.29, 1.82) is 0 Å². The topological polar surface area (TPSA) is 86.8 Å². The van der Waals surface area contributed by atoms with E-state index in [-0.39, 0.29) is 29.8 Å². The third-order valence-electron chi connectivity index (χ3n) is 7.81. The lowest BCUT2D eigenvalue weighted by Gasteiger charge is -2.34. The Morgan fingerprint density at radius 2 is 1.44 bits per heavy atom. The van der Waals surface area contributed by atoms with Crippen LogP contribution in [0.3, 0.4) is 0 Å². The first-order chi connectivity index (χ1) is 21.5. The minimum absolute atomic E-state index is 0.0310. The average Bonchev–Trinajstić information content (AvgIpc) is 3.03. The summed E-state index contributed by atoms with van der Waals surface area (Å²) in [6.07, 6.45) is 0.886. The fraction of sp³-hybridized carbons (Fsp3) is 0.278. The SMILES string of the molecule is CC[C@H](C)NC(=O)[C@@H](Cc1ccccc1)N(Cc1ccc(F)cc1)C(=O)CN(c1ccccc1C)S(=O)(=O)c1ccc(C)cc1. The van der Waals surface area contributed by atoms with Gasteiger partial charge in [-0.05, 0) is 74.2 Å². The molecule has 0 unspecified atom stereocenters. The number of halogens is 1. The van der Waals surface area contributed by atoms with E-state index < -0.39 is 34.3 Å². The van der Waals surface area contributed by atoms with Crippen molar-refractivity contribution < 1.29 is 22.4 Å². The van der Waals surface area contributed by atoms with Crippen LogP contribution < -0.4 is 9.62 Å². The molecule has 236 valence electrons. The highest BCUT2D eigenvalue weighted by molar-refractivity contribution is 7.92. The highest BCUT2D eigenvalue weighted by Gasteiger charge is 2.35. The lowest BCUT2D eigenvalue weighted by molar-refractivity contribution is -0.140. The number of sulfonamides is 1. The summed E-state index contributed by atoms with van der Waals surface area (Å²) in [5, 5.41) is 3.01. The van der Waals surface area contributed by atoms with Crippen LogP contribution in [0, 0.1) is 19.7 Å². The fourth-order valence-electron chi connectivity index (χ4n) is 4.98. The van der Waals surface area contributed by atoms with E-state index in [0.29, 0.717) is 23.2 Å². The summed E-state index contributed by atoms with van der Waals surface area (Å²) in [4.78, 5) is 29.8. The number of carbonyl (C=O) groups excluding carboxylic acids is 2. The van der Waals surface area contributed by atoms with Gasteiger partial charge in [0.1, 0.15) is 18.4 Å². The Morgan fingerprint density at radius 1 is 0.822 bits per heavy atom. The number of hydrogen-bond donors (Lipinski definition) is 1. The van der Waals surface area contributed by atoms with E-state index in [0.717, 1.165) is 15.4 Å². The molecule has 2 amide bonds. The van der Waals surface area contributed by atoms with Gasteiger partial charge in [0.25, 0.3) is 10.0 Å². The Balaban J connectivity index is 1.81. The van der Waals surface area contributed by atoms with Crippen LogP contribution >= 0.6 is 0 Å². The molecule has 45 heavy (non-hydrogen) atoms. The van der Waals surface area contributed by atoms with Crippen molar-refractivity contribution in [3.63, 3.8) is 0 Å². The van der Waals surface area contributed by atoms with Gasteiger partial charge in [0, 0.05) is 19.0 Å². The predicted molar refractivity (Wildman–Crippen MR) is 176 cm³/mol. The van der Waals surface area contributed by atoms with Gasteiger partial charge in [-0.25, -0.2) is 12.8 Å². The molecule has 0 fully saturated rings.